The molecular formula is C11H11Cl2N3O2. The maximum Gasteiger partial charge on any atom is 0.251 e. The maximum absolute atomic E-state index is 11.9. The highest BCUT2D eigenvalue weighted by Gasteiger charge is 2.23. The van der Waals surface area contributed by atoms with Crippen LogP contribution in [-0.4, -0.2) is 24.4 Å². The highest BCUT2D eigenvalue weighted by Crippen LogP contribution is 2.29. The van der Waals surface area contributed by atoms with Crippen molar-refractivity contribution in [1.82, 2.24) is 10.6 Å². The molecule has 2 amide bonds. The lowest BCUT2D eigenvalue weighted by atomic mass is 10.1. The molecule has 0 aromatic heterocycles. The number of nitrogens with two attached hydrogens (primary N) is 1. The van der Waals surface area contributed by atoms with Gasteiger partial charge in [0, 0.05) is 18.5 Å². The molecule has 5 nitrogen and oxygen atoms in total. The first-order valence-corrected chi connectivity index (χ1v) is 6.05. The largest absolute Gasteiger partial charge is 0.397 e. The van der Waals surface area contributed by atoms with E-state index in [0.29, 0.717) is 12.1 Å². The van der Waals surface area contributed by atoms with Crippen LogP contribution >= 0.6 is 23.2 Å². The van der Waals surface area contributed by atoms with Crippen molar-refractivity contribution in [1.29, 1.82) is 0 Å². The molecule has 18 heavy (non-hydrogen) atoms. The molecule has 0 radical (unpaired) electrons. The molecule has 0 spiro atoms. The zero-order valence-corrected chi connectivity index (χ0v) is 10.8. The standard InChI is InChI=1S/C11H11Cl2N3O2/c12-7-1-5(2-8(14)10(7)13)11(18)16-6-3-9(17)15-4-6/h1-2,6H,3-4,14H2,(H,15,17)(H,16,18). The lowest BCUT2D eigenvalue weighted by Crippen LogP contribution is -2.36. The van der Waals surface area contributed by atoms with Gasteiger partial charge in [-0.05, 0) is 12.1 Å². The second kappa shape index (κ2) is 5.04. The van der Waals surface area contributed by atoms with Crippen LogP contribution in [0, 0.1) is 0 Å². The number of nitrogen functional groups attached to an aromatic ring is 1. The van der Waals surface area contributed by atoms with E-state index >= 15 is 0 Å². The van der Waals surface area contributed by atoms with Gasteiger partial charge >= 0.3 is 0 Å². The summed E-state index contributed by atoms with van der Waals surface area (Å²) in [5, 5.41) is 5.80. The Labute approximate surface area is 114 Å². The minimum atomic E-state index is -0.332. The SMILES string of the molecule is Nc1cc(C(=O)NC2CNC(=O)C2)cc(Cl)c1Cl. The Morgan fingerprint density at radius 3 is 2.72 bits per heavy atom. The summed E-state index contributed by atoms with van der Waals surface area (Å²) in [6, 6.07) is 2.69. The first kappa shape index (κ1) is 13.0. The predicted molar refractivity (Wildman–Crippen MR) is 69.8 cm³/mol. The third-order valence-electron chi connectivity index (χ3n) is 2.63. The Kier molecular flexibility index (Phi) is 3.63. The molecule has 0 saturated carbocycles. The Balaban J connectivity index is 2.12. The van der Waals surface area contributed by atoms with Gasteiger partial charge in [0.1, 0.15) is 0 Å². The van der Waals surface area contributed by atoms with Gasteiger partial charge in [-0.1, -0.05) is 23.2 Å². The summed E-state index contributed by atoms with van der Waals surface area (Å²) in [6.45, 7) is 0.432. The molecule has 1 unspecified atom stereocenters. The van der Waals surface area contributed by atoms with Crippen LogP contribution in [0.25, 0.3) is 0 Å². The van der Waals surface area contributed by atoms with Crippen LogP contribution in [0.2, 0.25) is 10.0 Å². The number of anilines is 1. The van der Waals surface area contributed by atoms with Crippen LogP contribution in [0.1, 0.15) is 16.8 Å². The molecule has 0 bridgehead atoms. The fourth-order valence-corrected chi connectivity index (χ4v) is 2.05. The summed E-state index contributed by atoms with van der Waals surface area (Å²) in [6.07, 6.45) is 0.280. The maximum atomic E-state index is 11.9. The van der Waals surface area contributed by atoms with Crippen molar-refractivity contribution in [2.45, 2.75) is 12.5 Å². The molecule has 2 rings (SSSR count). The number of carbonyl (C=O) groups excluding carboxylic acids is 2. The number of halogens is 2. The number of carbonyl (C=O) groups is 2. The van der Waals surface area contributed by atoms with Crippen molar-refractivity contribution in [2.75, 3.05) is 12.3 Å². The van der Waals surface area contributed by atoms with E-state index in [1.165, 1.54) is 12.1 Å². The number of nitrogens with one attached hydrogen (secondary N) is 2. The van der Waals surface area contributed by atoms with E-state index in [-0.39, 0.29) is 40.0 Å². The van der Waals surface area contributed by atoms with Crippen LogP contribution in [0.5, 0.6) is 0 Å². The van der Waals surface area contributed by atoms with E-state index in [0.717, 1.165) is 0 Å². The number of hydrogen-bond donors (Lipinski definition) is 3. The molecular weight excluding hydrogens is 277 g/mol. The number of amides is 2. The zero-order chi connectivity index (χ0) is 13.3. The third-order valence-corrected chi connectivity index (χ3v) is 3.45. The van der Waals surface area contributed by atoms with Gasteiger partial charge in [-0.2, -0.15) is 0 Å². The molecule has 1 aromatic carbocycles. The molecule has 1 heterocycles. The highest BCUT2D eigenvalue weighted by atomic mass is 35.5. The third kappa shape index (κ3) is 2.68. The molecule has 7 heteroatoms. The summed E-state index contributed by atoms with van der Waals surface area (Å²) in [5.41, 5.74) is 6.19. The first-order valence-electron chi connectivity index (χ1n) is 5.29. The van der Waals surface area contributed by atoms with Crippen LogP contribution in [0.4, 0.5) is 5.69 Å². The average Bonchev–Trinajstić information content (AvgIpc) is 2.71. The van der Waals surface area contributed by atoms with Crippen molar-refractivity contribution in [3.05, 3.63) is 27.7 Å². The molecule has 4 N–H and O–H groups in total. The summed E-state index contributed by atoms with van der Waals surface area (Å²) < 4.78 is 0. The van der Waals surface area contributed by atoms with Gasteiger partial charge in [-0.25, -0.2) is 0 Å². The van der Waals surface area contributed by atoms with E-state index < -0.39 is 0 Å². The second-order valence-corrected chi connectivity index (χ2v) is 4.83. The van der Waals surface area contributed by atoms with E-state index in [9.17, 15) is 9.59 Å². The zero-order valence-electron chi connectivity index (χ0n) is 9.30. The molecule has 1 aliphatic rings. The second-order valence-electron chi connectivity index (χ2n) is 4.04. The van der Waals surface area contributed by atoms with Gasteiger partial charge in [0.05, 0.1) is 21.8 Å². The van der Waals surface area contributed by atoms with Gasteiger partial charge in [-0.3, -0.25) is 9.59 Å². The van der Waals surface area contributed by atoms with Crippen LogP contribution in [-0.2, 0) is 4.79 Å². The summed E-state index contributed by atoms with van der Waals surface area (Å²) >= 11 is 11.6. The van der Waals surface area contributed by atoms with Crippen LogP contribution in [0.3, 0.4) is 0 Å². The number of hydrogen-bond acceptors (Lipinski definition) is 3. The highest BCUT2D eigenvalue weighted by molar-refractivity contribution is 6.43. The Hall–Kier alpha value is -1.46. The Bertz CT molecular complexity index is 496. The summed E-state index contributed by atoms with van der Waals surface area (Å²) in [5.74, 6) is -0.407. The molecule has 0 aliphatic carbocycles. The normalized spacial score (nSPS) is 18.6. The first-order chi connectivity index (χ1) is 8.47. The van der Waals surface area contributed by atoms with E-state index in [2.05, 4.69) is 10.6 Å². The predicted octanol–water partition coefficient (Wildman–Crippen LogP) is 1.19. The minimum absolute atomic E-state index is 0.0750. The van der Waals surface area contributed by atoms with Gasteiger partial charge in [0.15, 0.2) is 0 Å². The molecule has 1 atom stereocenters. The van der Waals surface area contributed by atoms with Crippen molar-refractivity contribution >= 4 is 40.7 Å². The van der Waals surface area contributed by atoms with E-state index in [1.807, 2.05) is 0 Å². The fraction of sp³-hybridized carbons (Fsp3) is 0.273. The molecule has 1 saturated heterocycles. The van der Waals surface area contributed by atoms with Crippen molar-refractivity contribution < 1.29 is 9.59 Å². The molecule has 1 aromatic rings. The molecule has 1 aliphatic heterocycles. The van der Waals surface area contributed by atoms with Crippen LogP contribution in [0.15, 0.2) is 12.1 Å². The van der Waals surface area contributed by atoms with Gasteiger partial charge < -0.3 is 16.4 Å². The quantitative estimate of drug-likeness (QED) is 0.715. The Morgan fingerprint density at radius 2 is 2.17 bits per heavy atom. The van der Waals surface area contributed by atoms with Gasteiger partial charge in [0.2, 0.25) is 5.91 Å². The number of rotatable bonds is 2. The molecule has 1 fully saturated rings. The minimum Gasteiger partial charge on any atom is -0.397 e. The van der Waals surface area contributed by atoms with E-state index in [4.69, 9.17) is 28.9 Å². The van der Waals surface area contributed by atoms with Crippen LogP contribution < -0.4 is 16.4 Å². The van der Waals surface area contributed by atoms with Gasteiger partial charge in [0.25, 0.3) is 5.91 Å². The Morgan fingerprint density at radius 1 is 1.44 bits per heavy atom. The van der Waals surface area contributed by atoms with E-state index in [1.54, 1.807) is 0 Å². The summed E-state index contributed by atoms with van der Waals surface area (Å²) in [7, 11) is 0. The monoisotopic (exact) mass is 287 g/mol. The van der Waals surface area contributed by atoms with Crippen molar-refractivity contribution in [3.63, 3.8) is 0 Å². The summed E-state index contributed by atoms with van der Waals surface area (Å²) in [4.78, 5) is 22.9. The van der Waals surface area contributed by atoms with Gasteiger partial charge in [-0.15, -0.1) is 0 Å². The smallest absolute Gasteiger partial charge is 0.251 e. The topological polar surface area (TPSA) is 84.2 Å². The fourth-order valence-electron chi connectivity index (χ4n) is 1.72. The lowest BCUT2D eigenvalue weighted by molar-refractivity contribution is -0.119. The lowest BCUT2D eigenvalue weighted by Gasteiger charge is -2.11. The average molecular weight is 288 g/mol. The van der Waals surface area contributed by atoms with Crippen molar-refractivity contribution in [3.8, 4) is 0 Å². The molecule has 96 valence electrons. The van der Waals surface area contributed by atoms with Crippen molar-refractivity contribution in [2.24, 2.45) is 0 Å². The number of benzene rings is 1.